The predicted molar refractivity (Wildman–Crippen MR) is 408 cm³/mol. The molecule has 17 nitrogen and oxygen atoms in total. The van der Waals surface area contributed by atoms with Crippen molar-refractivity contribution in [2.45, 2.75) is 303 Å². The normalized spacial score (nSPS) is 14.8. The van der Waals surface area contributed by atoms with Gasteiger partial charge in [-0.05, 0) is 116 Å². The summed E-state index contributed by atoms with van der Waals surface area (Å²) in [5.41, 5.74) is 0. The van der Waals surface area contributed by atoms with Crippen LogP contribution in [0.3, 0.4) is 0 Å². The second-order valence-corrected chi connectivity index (χ2v) is 27.8. The highest BCUT2D eigenvalue weighted by molar-refractivity contribution is 7.47. The van der Waals surface area contributed by atoms with Gasteiger partial charge in [0, 0.05) is 19.3 Å². The maximum absolute atomic E-state index is 13.1. The third-order valence-corrected chi connectivity index (χ3v) is 17.2. The van der Waals surface area contributed by atoms with Gasteiger partial charge in [-0.15, -0.1) is 0 Å². The number of phosphoric ester groups is 2. The lowest BCUT2D eigenvalue weighted by Crippen LogP contribution is -2.30. The second-order valence-electron chi connectivity index (χ2n) is 24.8. The van der Waals surface area contributed by atoms with Crippen molar-refractivity contribution in [3.05, 3.63) is 146 Å². The molecule has 5 atom stereocenters. The van der Waals surface area contributed by atoms with Crippen LogP contribution in [0.2, 0.25) is 0 Å². The van der Waals surface area contributed by atoms with Crippen LogP contribution in [0.5, 0.6) is 0 Å². The fourth-order valence-corrected chi connectivity index (χ4v) is 11.2. The van der Waals surface area contributed by atoms with E-state index in [2.05, 4.69) is 137 Å². The molecule has 0 rings (SSSR count). The zero-order chi connectivity index (χ0) is 73.2. The monoisotopic (exact) mass is 1440 g/mol. The smallest absolute Gasteiger partial charge is 0.462 e. The van der Waals surface area contributed by atoms with Gasteiger partial charge in [0.1, 0.15) is 19.3 Å². The van der Waals surface area contributed by atoms with Crippen molar-refractivity contribution in [2.24, 2.45) is 0 Å². The Morgan fingerprint density at radius 2 is 0.590 bits per heavy atom. The van der Waals surface area contributed by atoms with Crippen molar-refractivity contribution < 1.29 is 80.2 Å². The molecule has 5 unspecified atom stereocenters. The second kappa shape index (κ2) is 72.3. The third kappa shape index (κ3) is 71.3. The van der Waals surface area contributed by atoms with Crippen molar-refractivity contribution in [2.75, 3.05) is 39.6 Å². The molecule has 0 spiro atoms. The zero-order valence-electron chi connectivity index (χ0n) is 62.1. The summed E-state index contributed by atoms with van der Waals surface area (Å²) < 4.78 is 68.3. The first kappa shape index (κ1) is 94.9. The molecular weight excluding hydrogens is 1310 g/mol. The van der Waals surface area contributed by atoms with Crippen molar-refractivity contribution in [1.82, 2.24) is 0 Å². The number of unbranched alkanes of at least 4 members (excludes halogenated alkanes) is 21. The van der Waals surface area contributed by atoms with Crippen LogP contribution in [0, 0.1) is 0 Å². The summed E-state index contributed by atoms with van der Waals surface area (Å²) in [7, 11) is -10.00. The molecule has 0 aromatic carbocycles. The average molecular weight is 1440 g/mol. The highest BCUT2D eigenvalue weighted by Gasteiger charge is 2.30. The summed E-state index contributed by atoms with van der Waals surface area (Å²) in [4.78, 5) is 72.8. The molecule has 0 bridgehead atoms. The van der Waals surface area contributed by atoms with Gasteiger partial charge in [-0.1, -0.05) is 289 Å². The number of rotatable bonds is 70. The first-order chi connectivity index (χ1) is 48.7. The summed E-state index contributed by atoms with van der Waals surface area (Å²) in [6, 6.07) is 0. The molecule has 0 saturated heterocycles. The number of hydrogen-bond donors (Lipinski definition) is 3. The van der Waals surface area contributed by atoms with E-state index in [-0.39, 0.29) is 25.7 Å². The molecule has 0 fully saturated rings. The molecule has 0 aliphatic heterocycles. The Kier molecular flexibility index (Phi) is 68.6. The van der Waals surface area contributed by atoms with Crippen molar-refractivity contribution in [3.63, 3.8) is 0 Å². The number of aliphatic hydroxyl groups excluding tert-OH is 1. The molecule has 0 aliphatic rings. The van der Waals surface area contributed by atoms with Crippen LogP contribution in [0.4, 0.5) is 0 Å². The van der Waals surface area contributed by atoms with Gasteiger partial charge >= 0.3 is 39.5 Å². The summed E-state index contributed by atoms with van der Waals surface area (Å²) in [5.74, 6) is -2.41. The lowest BCUT2D eigenvalue weighted by atomic mass is 10.0. The molecule has 0 aliphatic carbocycles. The van der Waals surface area contributed by atoms with E-state index in [0.717, 1.165) is 135 Å². The molecule has 0 radical (unpaired) electrons. The van der Waals surface area contributed by atoms with Crippen LogP contribution in [-0.4, -0.2) is 96.7 Å². The number of esters is 4. The van der Waals surface area contributed by atoms with E-state index in [1.807, 2.05) is 30.4 Å². The number of ether oxygens (including phenoxy) is 4. The lowest BCUT2D eigenvalue weighted by Gasteiger charge is -2.21. The van der Waals surface area contributed by atoms with E-state index in [1.165, 1.54) is 64.2 Å². The number of hydrogen-bond acceptors (Lipinski definition) is 15. The molecule has 0 aromatic rings. The minimum absolute atomic E-state index is 0.0543. The highest BCUT2D eigenvalue weighted by Crippen LogP contribution is 2.45. The Bertz CT molecular complexity index is 2470. The van der Waals surface area contributed by atoms with Gasteiger partial charge in [-0.3, -0.25) is 37.3 Å². The molecule has 3 N–H and O–H groups in total. The van der Waals surface area contributed by atoms with E-state index in [9.17, 15) is 43.2 Å². The average Bonchev–Trinajstić information content (AvgIpc) is 1.06. The van der Waals surface area contributed by atoms with Gasteiger partial charge in [0.2, 0.25) is 0 Å². The summed E-state index contributed by atoms with van der Waals surface area (Å²) in [6.45, 7) is 4.38. The molecular formula is C81H134O17P2. The quantitative estimate of drug-likeness (QED) is 0.0169. The Morgan fingerprint density at radius 3 is 0.960 bits per heavy atom. The molecule has 570 valence electrons. The topological polar surface area (TPSA) is 237 Å². The fourth-order valence-electron chi connectivity index (χ4n) is 9.60. The number of carbonyl (C=O) groups is 4. The standard InChI is InChI=1S/C81H134O17P2/c1-5-9-13-17-21-25-29-33-36-37-40-43-46-50-54-58-62-66-79(84)92-72-77(98-81(86)68-64-60-56-52-48-44-39-35-31-27-23-19-15-11-7-3)74-96-100(89,90)94-70-75(82)69-93-99(87,88)95-73-76(97-80(85)67-63-59-55-51-47-41-32-28-24-20-16-12-8-4)71-91-78(83)65-61-57-53-49-45-42-38-34-30-26-22-18-14-10-6-2/h9-10,13-14,16,20-22,25-26,28,32-34,36,38,40,43,45,49-50,54,57,61,75-77,82H,5-8,11-12,15,17-19,23-24,27,29-31,35,37,39,41-42,44,46-48,51-53,55-56,58-60,62-74H2,1-4H3,(H,87,88)(H,89,90)/b13-9-,14-10-,20-16-,25-21-,26-22-,32-28-,36-33-,38-34-,43-40-,49-45-,54-50-,61-57-. The van der Waals surface area contributed by atoms with Crippen LogP contribution in [0.15, 0.2) is 146 Å². The SMILES string of the molecule is CC/C=C\C/C=C\C/C=C\C/C=C\C/C=C\CCCC(=O)OCC(COP(=O)(O)OCC(O)COP(=O)(O)OCC(COC(=O)C/C=C\C/C=C\C/C=C\C/C=C\C/C=C\CC)OC(=O)CCCCCCC/C=C\C/C=C\CCC)OC(=O)CCCCCCCCCCCCCCCCC. The van der Waals surface area contributed by atoms with Crippen molar-refractivity contribution in [3.8, 4) is 0 Å². The first-order valence-electron chi connectivity index (χ1n) is 38.1. The van der Waals surface area contributed by atoms with Crippen LogP contribution in [-0.2, 0) is 65.4 Å². The van der Waals surface area contributed by atoms with Crippen LogP contribution < -0.4 is 0 Å². The highest BCUT2D eigenvalue weighted by atomic mass is 31.2. The fraction of sp³-hybridized carbons (Fsp3) is 0.654. The van der Waals surface area contributed by atoms with Crippen molar-refractivity contribution >= 4 is 39.5 Å². The van der Waals surface area contributed by atoms with E-state index in [0.29, 0.717) is 32.1 Å². The zero-order valence-corrected chi connectivity index (χ0v) is 63.9. The first-order valence-corrected chi connectivity index (χ1v) is 41.1. The van der Waals surface area contributed by atoms with Gasteiger partial charge in [-0.2, -0.15) is 0 Å². The molecule has 19 heteroatoms. The molecule has 0 amide bonds. The van der Waals surface area contributed by atoms with Gasteiger partial charge < -0.3 is 33.8 Å². The van der Waals surface area contributed by atoms with Crippen LogP contribution >= 0.6 is 15.6 Å². The molecule has 0 aromatic heterocycles. The maximum atomic E-state index is 13.1. The van der Waals surface area contributed by atoms with Crippen LogP contribution in [0.25, 0.3) is 0 Å². The Labute approximate surface area is 605 Å². The van der Waals surface area contributed by atoms with Gasteiger partial charge in [0.15, 0.2) is 12.2 Å². The molecule has 100 heavy (non-hydrogen) atoms. The number of aliphatic hydroxyl groups is 1. The third-order valence-electron chi connectivity index (χ3n) is 15.3. The number of carbonyl (C=O) groups excluding carboxylic acids is 4. The summed E-state index contributed by atoms with van der Waals surface area (Å²) >= 11 is 0. The lowest BCUT2D eigenvalue weighted by molar-refractivity contribution is -0.161. The van der Waals surface area contributed by atoms with Gasteiger partial charge in [-0.25, -0.2) is 9.13 Å². The predicted octanol–water partition coefficient (Wildman–Crippen LogP) is 21.9. The minimum Gasteiger partial charge on any atom is -0.462 e. The van der Waals surface area contributed by atoms with E-state index in [1.54, 1.807) is 6.08 Å². The van der Waals surface area contributed by atoms with Crippen LogP contribution in [0.1, 0.15) is 285 Å². The number of phosphoric acid groups is 2. The number of allylic oxidation sites excluding steroid dienone is 23. The van der Waals surface area contributed by atoms with Gasteiger partial charge in [0.25, 0.3) is 0 Å². The largest absolute Gasteiger partial charge is 0.472 e. The molecule has 0 heterocycles. The minimum atomic E-state index is -5.00. The Morgan fingerprint density at radius 1 is 0.300 bits per heavy atom. The van der Waals surface area contributed by atoms with E-state index >= 15 is 0 Å². The Balaban J connectivity index is 5.47. The van der Waals surface area contributed by atoms with E-state index in [4.69, 9.17) is 37.0 Å². The summed E-state index contributed by atoms with van der Waals surface area (Å²) in [5, 5.41) is 10.6. The van der Waals surface area contributed by atoms with Crippen molar-refractivity contribution in [1.29, 1.82) is 0 Å². The van der Waals surface area contributed by atoms with E-state index < -0.39 is 97.5 Å². The maximum Gasteiger partial charge on any atom is 0.472 e. The summed E-state index contributed by atoms with van der Waals surface area (Å²) in [6.07, 6.45) is 81.7. The Hall–Kier alpha value is -5.06. The molecule has 0 saturated carbocycles. The van der Waals surface area contributed by atoms with Gasteiger partial charge in [0.05, 0.1) is 32.8 Å².